The lowest BCUT2D eigenvalue weighted by atomic mass is 10.4. The SMILES string of the molecule is O=S(=O)(O)N1CCN(S(=O)(=O)CCC[Si](O)(O)O)CC1. The molecule has 0 aromatic rings. The van der Waals surface area contributed by atoms with E-state index in [2.05, 4.69) is 0 Å². The highest BCUT2D eigenvalue weighted by Gasteiger charge is 2.32. The molecule has 0 unspecified atom stereocenters. The predicted octanol–water partition coefficient (Wildman–Crippen LogP) is -2.96. The van der Waals surface area contributed by atoms with Crippen molar-refractivity contribution in [2.45, 2.75) is 12.5 Å². The van der Waals surface area contributed by atoms with Crippen LogP contribution < -0.4 is 0 Å². The standard InChI is InChI=1S/C7H18N2O8S2Si/c10-18(11,6-1-7-20(15,16)17)8-2-4-9(5-3-8)19(12,13)14/h15-17H,1-7H2,(H,12,13,14). The second-order valence-corrected chi connectivity index (χ2v) is 10.0. The average molecular weight is 350 g/mol. The van der Waals surface area contributed by atoms with Crippen molar-refractivity contribution < 1.29 is 35.8 Å². The Morgan fingerprint density at radius 1 is 0.900 bits per heavy atom. The van der Waals surface area contributed by atoms with Crippen LogP contribution in [-0.4, -0.2) is 85.1 Å². The molecule has 4 N–H and O–H groups in total. The summed E-state index contributed by atoms with van der Waals surface area (Å²) in [5.41, 5.74) is 0. The molecular formula is C7H18N2O8S2Si. The van der Waals surface area contributed by atoms with Gasteiger partial charge in [0.1, 0.15) is 0 Å². The fourth-order valence-electron chi connectivity index (χ4n) is 1.80. The fraction of sp³-hybridized carbons (Fsp3) is 1.00. The molecule has 1 saturated heterocycles. The van der Waals surface area contributed by atoms with Gasteiger partial charge in [-0.15, -0.1) is 0 Å². The van der Waals surface area contributed by atoms with Crippen LogP contribution in [0.3, 0.4) is 0 Å². The Hall–Kier alpha value is -0.123. The Bertz CT molecular complexity index is 520. The Balaban J connectivity index is 2.51. The summed E-state index contributed by atoms with van der Waals surface area (Å²) in [5, 5.41) is 0. The van der Waals surface area contributed by atoms with E-state index in [1.54, 1.807) is 0 Å². The Kier molecular flexibility index (Phi) is 5.67. The zero-order valence-electron chi connectivity index (χ0n) is 10.6. The molecule has 13 heteroatoms. The smallest absolute Gasteiger partial charge is 0.390 e. The van der Waals surface area contributed by atoms with Gasteiger partial charge in [-0.3, -0.25) is 4.55 Å². The van der Waals surface area contributed by atoms with Gasteiger partial charge in [0.25, 0.3) is 0 Å². The monoisotopic (exact) mass is 350 g/mol. The predicted molar refractivity (Wildman–Crippen MR) is 70.3 cm³/mol. The highest BCUT2D eigenvalue weighted by Crippen LogP contribution is 2.13. The summed E-state index contributed by atoms with van der Waals surface area (Å²) in [4.78, 5) is 26.4. The minimum atomic E-state index is -4.31. The van der Waals surface area contributed by atoms with Crippen molar-refractivity contribution in [3.63, 3.8) is 0 Å². The number of hydrogen-bond acceptors (Lipinski definition) is 7. The molecule has 0 saturated carbocycles. The molecule has 0 amide bonds. The van der Waals surface area contributed by atoms with Crippen molar-refractivity contribution in [3.05, 3.63) is 0 Å². The van der Waals surface area contributed by atoms with Crippen molar-refractivity contribution in [3.8, 4) is 0 Å². The maximum Gasteiger partial charge on any atom is 0.492 e. The maximum atomic E-state index is 11.9. The molecule has 0 bridgehead atoms. The van der Waals surface area contributed by atoms with Crippen molar-refractivity contribution >= 4 is 29.1 Å². The van der Waals surface area contributed by atoms with E-state index < -0.39 is 29.1 Å². The fourth-order valence-corrected chi connectivity index (χ4v) is 4.82. The molecule has 0 aromatic heterocycles. The molecule has 120 valence electrons. The van der Waals surface area contributed by atoms with E-state index >= 15 is 0 Å². The molecular weight excluding hydrogens is 332 g/mol. The first-order valence-electron chi connectivity index (χ1n) is 5.79. The first-order chi connectivity index (χ1) is 8.92. The summed E-state index contributed by atoms with van der Waals surface area (Å²) < 4.78 is 56.2. The van der Waals surface area contributed by atoms with Crippen molar-refractivity contribution in [1.82, 2.24) is 8.61 Å². The molecule has 0 radical (unpaired) electrons. The zero-order valence-corrected chi connectivity index (χ0v) is 13.2. The largest absolute Gasteiger partial charge is 0.492 e. The molecule has 1 fully saturated rings. The minimum Gasteiger partial charge on any atom is -0.390 e. The van der Waals surface area contributed by atoms with E-state index in [4.69, 9.17) is 18.9 Å². The first kappa shape index (κ1) is 17.9. The van der Waals surface area contributed by atoms with Crippen LogP contribution in [0.15, 0.2) is 0 Å². The number of nitrogens with zero attached hydrogens (tertiary/aromatic N) is 2. The van der Waals surface area contributed by atoms with Gasteiger partial charge in [0, 0.05) is 32.2 Å². The van der Waals surface area contributed by atoms with Gasteiger partial charge in [-0.25, -0.2) is 8.42 Å². The van der Waals surface area contributed by atoms with Crippen LogP contribution in [0.25, 0.3) is 0 Å². The molecule has 1 rings (SSSR count). The normalized spacial score (nSPS) is 20.2. The van der Waals surface area contributed by atoms with Gasteiger partial charge >= 0.3 is 19.1 Å². The molecule has 1 heterocycles. The Labute approximate surface area is 118 Å². The molecule has 0 aliphatic carbocycles. The van der Waals surface area contributed by atoms with E-state index in [1.807, 2.05) is 0 Å². The first-order valence-corrected chi connectivity index (χ1v) is 10.8. The van der Waals surface area contributed by atoms with Gasteiger partial charge in [-0.2, -0.15) is 17.0 Å². The van der Waals surface area contributed by atoms with Gasteiger partial charge in [0.15, 0.2) is 0 Å². The molecule has 0 spiro atoms. The van der Waals surface area contributed by atoms with Gasteiger partial charge in [-0.05, 0) is 6.42 Å². The second kappa shape index (κ2) is 6.33. The minimum absolute atomic E-state index is 0.0813. The van der Waals surface area contributed by atoms with Crippen LogP contribution in [0.1, 0.15) is 6.42 Å². The quantitative estimate of drug-likeness (QED) is 0.292. The lowest BCUT2D eigenvalue weighted by Gasteiger charge is -2.31. The van der Waals surface area contributed by atoms with E-state index in [0.29, 0.717) is 0 Å². The van der Waals surface area contributed by atoms with E-state index in [9.17, 15) is 16.8 Å². The molecule has 0 aromatic carbocycles. The van der Waals surface area contributed by atoms with Crippen LogP contribution in [0, 0.1) is 0 Å². The third kappa shape index (κ3) is 5.70. The van der Waals surface area contributed by atoms with E-state index in [-0.39, 0.29) is 44.4 Å². The lowest BCUT2D eigenvalue weighted by molar-refractivity contribution is 0.227. The van der Waals surface area contributed by atoms with Gasteiger partial charge < -0.3 is 14.4 Å². The zero-order chi connectivity index (χ0) is 15.6. The van der Waals surface area contributed by atoms with Crippen LogP contribution in [0.5, 0.6) is 0 Å². The maximum absolute atomic E-state index is 11.9. The molecule has 0 atom stereocenters. The van der Waals surface area contributed by atoms with Gasteiger partial charge in [-0.1, -0.05) is 0 Å². The summed E-state index contributed by atoms with van der Waals surface area (Å²) >= 11 is 0. The van der Waals surface area contributed by atoms with E-state index in [0.717, 1.165) is 8.61 Å². The van der Waals surface area contributed by atoms with Gasteiger partial charge in [0.05, 0.1) is 5.75 Å². The van der Waals surface area contributed by atoms with Crippen LogP contribution in [0.4, 0.5) is 0 Å². The third-order valence-electron chi connectivity index (χ3n) is 2.83. The Morgan fingerprint density at radius 3 is 1.75 bits per heavy atom. The molecule has 1 aliphatic rings. The van der Waals surface area contributed by atoms with Crippen molar-refractivity contribution in [2.24, 2.45) is 0 Å². The highest BCUT2D eigenvalue weighted by molar-refractivity contribution is 7.89. The van der Waals surface area contributed by atoms with Gasteiger partial charge in [0.2, 0.25) is 10.0 Å². The number of hydrogen-bond donors (Lipinski definition) is 4. The average Bonchev–Trinajstić information content (AvgIpc) is 2.26. The third-order valence-corrected chi connectivity index (χ3v) is 6.83. The number of rotatable bonds is 6. The number of piperazine rings is 1. The Morgan fingerprint density at radius 2 is 1.35 bits per heavy atom. The summed E-state index contributed by atoms with van der Waals surface area (Å²) in [6.07, 6.45) is -0.101. The summed E-state index contributed by atoms with van der Waals surface area (Å²) in [7, 11) is -12.2. The number of sulfonamides is 1. The molecule has 1 aliphatic heterocycles. The lowest BCUT2D eigenvalue weighted by Crippen LogP contribution is -2.50. The van der Waals surface area contributed by atoms with Crippen LogP contribution in [-0.2, 0) is 20.3 Å². The van der Waals surface area contributed by atoms with Crippen LogP contribution in [0.2, 0.25) is 6.04 Å². The highest BCUT2D eigenvalue weighted by atomic mass is 32.2. The topological polar surface area (TPSA) is 156 Å². The summed E-state index contributed by atoms with van der Waals surface area (Å²) in [5.74, 6) is -0.366. The van der Waals surface area contributed by atoms with Crippen molar-refractivity contribution in [2.75, 3.05) is 31.9 Å². The second-order valence-electron chi connectivity index (χ2n) is 4.47. The molecule has 10 nitrogen and oxygen atoms in total. The van der Waals surface area contributed by atoms with Crippen molar-refractivity contribution in [1.29, 1.82) is 0 Å². The van der Waals surface area contributed by atoms with E-state index in [1.165, 1.54) is 0 Å². The molecule has 20 heavy (non-hydrogen) atoms. The summed E-state index contributed by atoms with van der Waals surface area (Å²) in [6.45, 7) is -0.447. The van der Waals surface area contributed by atoms with Crippen LogP contribution >= 0.6 is 0 Å². The summed E-state index contributed by atoms with van der Waals surface area (Å²) in [6, 6.07) is -0.378.